The quantitative estimate of drug-likeness (QED) is 0.917. The maximum absolute atomic E-state index is 13.5. The Balaban J connectivity index is 2.21. The van der Waals surface area contributed by atoms with Gasteiger partial charge in [0.15, 0.2) is 0 Å². The molecular weight excluding hydrogens is 255 g/mol. The molecule has 1 heterocycles. The molecule has 0 aliphatic carbocycles. The van der Waals surface area contributed by atoms with Crippen LogP contribution in [0.5, 0.6) is 0 Å². The summed E-state index contributed by atoms with van der Waals surface area (Å²) in [5.74, 6) is -0.179. The van der Waals surface area contributed by atoms with E-state index in [9.17, 15) is 4.39 Å². The van der Waals surface area contributed by atoms with Crippen LogP contribution in [0.3, 0.4) is 0 Å². The van der Waals surface area contributed by atoms with E-state index in [2.05, 4.69) is 37.9 Å². The number of nitrogens with one attached hydrogen (secondary N) is 1. The van der Waals surface area contributed by atoms with E-state index in [1.54, 1.807) is 6.07 Å². The van der Waals surface area contributed by atoms with E-state index >= 15 is 0 Å². The summed E-state index contributed by atoms with van der Waals surface area (Å²) in [4.78, 5) is 2.29. The molecule has 20 heavy (non-hydrogen) atoms. The largest absolute Gasteiger partial charge is 0.372 e. The van der Waals surface area contributed by atoms with Gasteiger partial charge in [0, 0.05) is 31.4 Å². The van der Waals surface area contributed by atoms with Crippen LogP contribution in [-0.2, 0) is 11.3 Å². The van der Waals surface area contributed by atoms with E-state index in [1.165, 1.54) is 6.07 Å². The number of morpholine rings is 1. The van der Waals surface area contributed by atoms with Crippen LogP contribution in [0.1, 0.15) is 33.3 Å². The molecule has 1 aliphatic rings. The van der Waals surface area contributed by atoms with Gasteiger partial charge in [0.25, 0.3) is 0 Å². The van der Waals surface area contributed by atoms with Gasteiger partial charge in [-0.3, -0.25) is 0 Å². The lowest BCUT2D eigenvalue weighted by Gasteiger charge is -2.40. The number of hydrogen-bond donors (Lipinski definition) is 1. The summed E-state index contributed by atoms with van der Waals surface area (Å²) in [6.07, 6.45) is 0. The fourth-order valence-electron chi connectivity index (χ4n) is 2.54. The van der Waals surface area contributed by atoms with Gasteiger partial charge >= 0.3 is 0 Å². The van der Waals surface area contributed by atoms with Crippen molar-refractivity contribution < 1.29 is 9.13 Å². The Labute approximate surface area is 121 Å². The number of anilines is 1. The minimum atomic E-state index is -0.179. The Morgan fingerprint density at radius 2 is 2.15 bits per heavy atom. The number of rotatable bonds is 4. The van der Waals surface area contributed by atoms with Gasteiger partial charge in [0.2, 0.25) is 0 Å². The first-order chi connectivity index (χ1) is 9.37. The van der Waals surface area contributed by atoms with Crippen LogP contribution < -0.4 is 10.2 Å². The molecular formula is C16H25FN2O. The molecule has 0 bridgehead atoms. The van der Waals surface area contributed by atoms with E-state index in [0.29, 0.717) is 19.2 Å². The van der Waals surface area contributed by atoms with Crippen molar-refractivity contribution in [3.05, 3.63) is 29.6 Å². The van der Waals surface area contributed by atoms with Crippen molar-refractivity contribution in [2.24, 2.45) is 0 Å². The van der Waals surface area contributed by atoms with Crippen LogP contribution in [0.2, 0.25) is 0 Å². The fourth-order valence-corrected chi connectivity index (χ4v) is 2.54. The summed E-state index contributed by atoms with van der Waals surface area (Å²) in [5, 5.41) is 3.36. The predicted molar refractivity (Wildman–Crippen MR) is 80.6 cm³/mol. The Hall–Kier alpha value is -1.13. The van der Waals surface area contributed by atoms with Crippen LogP contribution in [0.4, 0.5) is 10.1 Å². The molecule has 0 atom stereocenters. The highest BCUT2D eigenvalue weighted by atomic mass is 19.1. The molecule has 1 aromatic rings. The van der Waals surface area contributed by atoms with Gasteiger partial charge in [-0.05, 0) is 37.6 Å². The van der Waals surface area contributed by atoms with E-state index in [1.807, 2.05) is 6.07 Å². The molecule has 1 saturated heterocycles. The molecule has 1 fully saturated rings. The molecule has 0 spiro atoms. The molecule has 1 aliphatic heterocycles. The molecule has 1 aromatic carbocycles. The minimum absolute atomic E-state index is 0.157. The normalized spacial score (nSPS) is 18.6. The third kappa shape index (κ3) is 3.93. The van der Waals surface area contributed by atoms with Crippen LogP contribution in [0.15, 0.2) is 18.2 Å². The molecule has 3 nitrogen and oxygen atoms in total. The highest BCUT2D eigenvalue weighted by molar-refractivity contribution is 5.54. The van der Waals surface area contributed by atoms with Crippen molar-refractivity contribution in [2.45, 2.75) is 45.9 Å². The lowest BCUT2D eigenvalue weighted by Crippen LogP contribution is -2.48. The summed E-state index contributed by atoms with van der Waals surface area (Å²) in [7, 11) is 0. The number of benzene rings is 1. The molecule has 112 valence electrons. The third-order valence-corrected chi connectivity index (χ3v) is 3.51. The summed E-state index contributed by atoms with van der Waals surface area (Å²) in [6, 6.07) is 5.44. The number of hydrogen-bond acceptors (Lipinski definition) is 3. The minimum Gasteiger partial charge on any atom is -0.372 e. The van der Waals surface area contributed by atoms with E-state index in [4.69, 9.17) is 4.74 Å². The van der Waals surface area contributed by atoms with Crippen molar-refractivity contribution >= 4 is 5.69 Å². The first-order valence-electron chi connectivity index (χ1n) is 7.28. The molecule has 0 unspecified atom stereocenters. The summed E-state index contributed by atoms with van der Waals surface area (Å²) in [6.45, 7) is 11.4. The summed E-state index contributed by atoms with van der Waals surface area (Å²) in [5.41, 5.74) is 1.96. The summed E-state index contributed by atoms with van der Waals surface area (Å²) >= 11 is 0. The predicted octanol–water partition coefficient (Wildman–Crippen LogP) is 2.94. The van der Waals surface area contributed by atoms with Gasteiger partial charge < -0.3 is 15.0 Å². The zero-order valence-corrected chi connectivity index (χ0v) is 12.9. The number of halogens is 1. The summed E-state index contributed by atoms with van der Waals surface area (Å²) < 4.78 is 19.3. The van der Waals surface area contributed by atoms with Gasteiger partial charge in [0.1, 0.15) is 5.82 Å². The zero-order chi connectivity index (χ0) is 14.8. The second-order valence-corrected chi connectivity index (χ2v) is 6.34. The maximum atomic E-state index is 13.5. The molecule has 0 radical (unpaired) electrons. The Morgan fingerprint density at radius 3 is 2.80 bits per heavy atom. The Bertz CT molecular complexity index is 460. The second kappa shape index (κ2) is 6.10. The molecule has 0 saturated carbocycles. The van der Waals surface area contributed by atoms with Gasteiger partial charge in [0.05, 0.1) is 12.2 Å². The van der Waals surface area contributed by atoms with E-state index in [-0.39, 0.29) is 11.4 Å². The zero-order valence-electron chi connectivity index (χ0n) is 12.9. The van der Waals surface area contributed by atoms with Crippen molar-refractivity contribution in [2.75, 3.05) is 24.6 Å². The first-order valence-corrected chi connectivity index (χ1v) is 7.28. The highest BCUT2D eigenvalue weighted by Crippen LogP contribution is 2.27. The van der Waals surface area contributed by atoms with Crippen LogP contribution in [-0.4, -0.2) is 31.3 Å². The van der Waals surface area contributed by atoms with E-state index < -0.39 is 0 Å². The lowest BCUT2D eigenvalue weighted by molar-refractivity contribution is -0.0277. The smallest absolute Gasteiger partial charge is 0.123 e. The topological polar surface area (TPSA) is 24.5 Å². The third-order valence-electron chi connectivity index (χ3n) is 3.51. The van der Waals surface area contributed by atoms with Crippen LogP contribution in [0.25, 0.3) is 0 Å². The number of ether oxygens (including phenoxy) is 1. The van der Waals surface area contributed by atoms with Crippen molar-refractivity contribution in [1.82, 2.24) is 5.32 Å². The Kier molecular flexibility index (Phi) is 4.66. The lowest BCUT2D eigenvalue weighted by atomic mass is 10.0. The fraction of sp³-hybridized carbons (Fsp3) is 0.625. The van der Waals surface area contributed by atoms with Gasteiger partial charge in [-0.15, -0.1) is 0 Å². The van der Waals surface area contributed by atoms with Crippen molar-refractivity contribution in [3.63, 3.8) is 0 Å². The van der Waals surface area contributed by atoms with Gasteiger partial charge in [-0.2, -0.15) is 0 Å². The molecule has 0 amide bonds. The monoisotopic (exact) mass is 280 g/mol. The maximum Gasteiger partial charge on any atom is 0.123 e. The standard InChI is InChI=1S/C16H25FN2O/c1-12(2)18-10-13-9-14(17)5-6-15(13)19-7-8-20-16(3,4)11-19/h5-6,9,12,18H,7-8,10-11H2,1-4H3. The van der Waals surface area contributed by atoms with Crippen molar-refractivity contribution in [1.29, 1.82) is 0 Å². The van der Waals surface area contributed by atoms with Gasteiger partial charge in [-0.25, -0.2) is 4.39 Å². The SMILES string of the molecule is CC(C)NCc1cc(F)ccc1N1CCOC(C)(C)C1. The van der Waals surface area contributed by atoms with Gasteiger partial charge in [-0.1, -0.05) is 13.8 Å². The number of nitrogens with zero attached hydrogens (tertiary/aromatic N) is 1. The first kappa shape index (κ1) is 15.3. The average molecular weight is 280 g/mol. The van der Waals surface area contributed by atoms with Crippen molar-refractivity contribution in [3.8, 4) is 0 Å². The molecule has 2 rings (SSSR count). The highest BCUT2D eigenvalue weighted by Gasteiger charge is 2.28. The average Bonchev–Trinajstić information content (AvgIpc) is 2.35. The van der Waals surface area contributed by atoms with E-state index in [0.717, 1.165) is 24.3 Å². The molecule has 0 aromatic heterocycles. The molecule has 1 N–H and O–H groups in total. The Morgan fingerprint density at radius 1 is 1.40 bits per heavy atom. The van der Waals surface area contributed by atoms with Crippen LogP contribution >= 0.6 is 0 Å². The second-order valence-electron chi connectivity index (χ2n) is 6.34. The molecule has 4 heteroatoms. The van der Waals surface area contributed by atoms with Crippen LogP contribution in [0, 0.1) is 5.82 Å².